The third kappa shape index (κ3) is 2.37. The molecule has 2 aromatic rings. The zero-order valence-electron chi connectivity index (χ0n) is 7.57. The van der Waals surface area contributed by atoms with Gasteiger partial charge >= 0.3 is 5.69 Å². The summed E-state index contributed by atoms with van der Waals surface area (Å²) >= 11 is 0. The van der Waals surface area contributed by atoms with Crippen molar-refractivity contribution in [2.45, 2.75) is 0 Å². The Balaban J connectivity index is 2.22. The van der Waals surface area contributed by atoms with Crippen LogP contribution in [0.3, 0.4) is 0 Å². The number of rotatable bonds is 2. The molecular formula is C9H7FN4O. The second-order valence-electron chi connectivity index (χ2n) is 2.80. The normalized spacial score (nSPS) is 9.93. The molecule has 1 heterocycles. The number of nitrogens with one attached hydrogen (secondary N) is 2. The average Bonchev–Trinajstić information content (AvgIpc) is 2.22. The highest BCUT2D eigenvalue weighted by Gasteiger charge is 1.97. The largest absolute Gasteiger partial charge is 0.363 e. The van der Waals surface area contributed by atoms with Gasteiger partial charge in [-0.3, -0.25) is 0 Å². The molecular weight excluding hydrogens is 199 g/mol. The van der Waals surface area contributed by atoms with Crippen LogP contribution < -0.4 is 11.0 Å². The van der Waals surface area contributed by atoms with Crippen LogP contribution in [0, 0.1) is 5.82 Å². The molecule has 0 saturated heterocycles. The smallest absolute Gasteiger partial charge is 0.339 e. The molecule has 0 amide bonds. The standard InChI is InChI=1S/C9H7FN4O/c10-6-1-3-7(4-2-6)12-8-5-11-14-9(15)13-8/h1-5H,(H2,12,13,14,15). The van der Waals surface area contributed by atoms with Crippen molar-refractivity contribution < 1.29 is 4.39 Å². The molecule has 0 aliphatic carbocycles. The van der Waals surface area contributed by atoms with E-state index in [1.165, 1.54) is 30.5 Å². The molecule has 2 N–H and O–H groups in total. The minimum absolute atomic E-state index is 0.311. The van der Waals surface area contributed by atoms with E-state index >= 15 is 0 Å². The van der Waals surface area contributed by atoms with Gasteiger partial charge in [-0.1, -0.05) is 0 Å². The van der Waals surface area contributed by atoms with E-state index in [-0.39, 0.29) is 5.82 Å². The Morgan fingerprint density at radius 2 is 2.00 bits per heavy atom. The first-order chi connectivity index (χ1) is 7.24. The number of aromatic amines is 1. The number of nitrogens with zero attached hydrogens (tertiary/aromatic N) is 2. The van der Waals surface area contributed by atoms with E-state index < -0.39 is 5.69 Å². The molecule has 0 fully saturated rings. The Morgan fingerprint density at radius 3 is 2.67 bits per heavy atom. The summed E-state index contributed by atoms with van der Waals surface area (Å²) in [6.07, 6.45) is 1.37. The van der Waals surface area contributed by atoms with Crippen molar-refractivity contribution in [3.8, 4) is 0 Å². The van der Waals surface area contributed by atoms with Crippen LogP contribution in [-0.4, -0.2) is 15.2 Å². The summed E-state index contributed by atoms with van der Waals surface area (Å²) in [6, 6.07) is 5.70. The monoisotopic (exact) mass is 206 g/mol. The first-order valence-corrected chi connectivity index (χ1v) is 4.18. The summed E-state index contributed by atoms with van der Waals surface area (Å²) in [7, 11) is 0. The highest BCUT2D eigenvalue weighted by molar-refractivity contribution is 5.54. The summed E-state index contributed by atoms with van der Waals surface area (Å²) < 4.78 is 12.6. The van der Waals surface area contributed by atoms with Gasteiger partial charge in [0.1, 0.15) is 5.82 Å². The number of benzene rings is 1. The van der Waals surface area contributed by atoms with Crippen molar-refractivity contribution in [1.29, 1.82) is 0 Å². The van der Waals surface area contributed by atoms with Gasteiger partial charge in [0.2, 0.25) is 0 Å². The van der Waals surface area contributed by atoms with Crippen LogP contribution in [0.4, 0.5) is 15.9 Å². The zero-order chi connectivity index (χ0) is 10.7. The van der Waals surface area contributed by atoms with Crippen LogP contribution >= 0.6 is 0 Å². The summed E-state index contributed by atoms with van der Waals surface area (Å²) in [4.78, 5) is 14.4. The van der Waals surface area contributed by atoms with E-state index in [9.17, 15) is 9.18 Å². The fourth-order valence-corrected chi connectivity index (χ4v) is 1.05. The maximum atomic E-state index is 12.6. The van der Waals surface area contributed by atoms with E-state index in [1.54, 1.807) is 0 Å². The quantitative estimate of drug-likeness (QED) is 0.770. The summed E-state index contributed by atoms with van der Waals surface area (Å²) in [6.45, 7) is 0. The minimum atomic E-state index is -0.540. The summed E-state index contributed by atoms with van der Waals surface area (Å²) in [5, 5.41) is 8.52. The Bertz CT molecular complexity index is 508. The Labute approximate surface area is 84.0 Å². The molecule has 0 bridgehead atoms. The van der Waals surface area contributed by atoms with Crippen molar-refractivity contribution in [2.24, 2.45) is 0 Å². The van der Waals surface area contributed by atoms with Crippen LogP contribution in [0.5, 0.6) is 0 Å². The third-order valence-electron chi connectivity index (χ3n) is 1.69. The lowest BCUT2D eigenvalue weighted by molar-refractivity contribution is 0.628. The van der Waals surface area contributed by atoms with Gasteiger partial charge in [-0.05, 0) is 24.3 Å². The fraction of sp³-hybridized carbons (Fsp3) is 0. The van der Waals surface area contributed by atoms with Gasteiger partial charge in [-0.25, -0.2) is 14.3 Å². The molecule has 1 aromatic heterocycles. The molecule has 76 valence electrons. The number of halogens is 1. The molecule has 1 aromatic carbocycles. The fourth-order valence-electron chi connectivity index (χ4n) is 1.05. The lowest BCUT2D eigenvalue weighted by atomic mass is 10.3. The highest BCUT2D eigenvalue weighted by atomic mass is 19.1. The highest BCUT2D eigenvalue weighted by Crippen LogP contribution is 2.12. The van der Waals surface area contributed by atoms with Crippen LogP contribution in [-0.2, 0) is 0 Å². The second kappa shape index (κ2) is 3.87. The van der Waals surface area contributed by atoms with Gasteiger partial charge < -0.3 is 5.32 Å². The summed E-state index contributed by atoms with van der Waals surface area (Å²) in [5.74, 6) is -0.0112. The zero-order valence-corrected chi connectivity index (χ0v) is 7.57. The van der Waals surface area contributed by atoms with Crippen LogP contribution in [0.25, 0.3) is 0 Å². The first-order valence-electron chi connectivity index (χ1n) is 4.18. The van der Waals surface area contributed by atoms with E-state index in [0.29, 0.717) is 11.5 Å². The number of H-pyrrole nitrogens is 1. The first kappa shape index (κ1) is 9.32. The van der Waals surface area contributed by atoms with Crippen LogP contribution in [0.2, 0.25) is 0 Å². The maximum Gasteiger partial charge on any atom is 0.363 e. The van der Waals surface area contributed by atoms with Gasteiger partial charge in [0.15, 0.2) is 5.82 Å². The van der Waals surface area contributed by atoms with Crippen LogP contribution in [0.15, 0.2) is 35.3 Å². The van der Waals surface area contributed by atoms with Crippen LogP contribution in [0.1, 0.15) is 0 Å². The van der Waals surface area contributed by atoms with Crippen molar-refractivity contribution >= 4 is 11.5 Å². The predicted molar refractivity (Wildman–Crippen MR) is 52.3 cm³/mol. The third-order valence-corrected chi connectivity index (χ3v) is 1.69. The molecule has 0 spiro atoms. The van der Waals surface area contributed by atoms with Gasteiger partial charge in [0, 0.05) is 5.69 Å². The average molecular weight is 206 g/mol. The Hall–Kier alpha value is -2.24. The van der Waals surface area contributed by atoms with Crippen molar-refractivity contribution in [3.63, 3.8) is 0 Å². The molecule has 0 aliphatic heterocycles. The summed E-state index contributed by atoms with van der Waals surface area (Å²) in [5.41, 5.74) is 0.0958. The lowest BCUT2D eigenvalue weighted by Gasteiger charge is -2.02. The lowest BCUT2D eigenvalue weighted by Crippen LogP contribution is -2.13. The molecule has 2 rings (SSSR count). The topological polar surface area (TPSA) is 70.7 Å². The number of aromatic nitrogens is 3. The molecule has 0 saturated carbocycles. The van der Waals surface area contributed by atoms with Gasteiger partial charge in [-0.15, -0.1) is 0 Å². The minimum Gasteiger partial charge on any atom is -0.339 e. The Kier molecular flexibility index (Phi) is 2.40. The van der Waals surface area contributed by atoms with Gasteiger partial charge in [0.05, 0.1) is 6.20 Å². The molecule has 6 heteroatoms. The second-order valence-corrected chi connectivity index (χ2v) is 2.80. The van der Waals surface area contributed by atoms with E-state index in [1.807, 2.05) is 0 Å². The van der Waals surface area contributed by atoms with Crippen molar-refractivity contribution in [2.75, 3.05) is 5.32 Å². The SMILES string of the molecule is O=c1nc(Nc2ccc(F)cc2)cn[nH]1. The maximum absolute atomic E-state index is 12.6. The van der Waals surface area contributed by atoms with Crippen molar-refractivity contribution in [1.82, 2.24) is 15.2 Å². The molecule has 0 aliphatic rings. The number of hydrogen-bond acceptors (Lipinski definition) is 4. The van der Waals surface area contributed by atoms with E-state index in [2.05, 4.69) is 20.5 Å². The number of anilines is 2. The molecule has 0 radical (unpaired) electrons. The van der Waals surface area contributed by atoms with E-state index in [0.717, 1.165) is 0 Å². The Morgan fingerprint density at radius 1 is 1.27 bits per heavy atom. The molecule has 0 atom stereocenters. The predicted octanol–water partition coefficient (Wildman–Crippen LogP) is 1.05. The molecule has 15 heavy (non-hydrogen) atoms. The van der Waals surface area contributed by atoms with Crippen molar-refractivity contribution in [3.05, 3.63) is 46.8 Å². The molecule has 5 nitrogen and oxygen atoms in total. The van der Waals surface area contributed by atoms with Gasteiger partial charge in [0.25, 0.3) is 0 Å². The van der Waals surface area contributed by atoms with Gasteiger partial charge in [-0.2, -0.15) is 10.1 Å². The van der Waals surface area contributed by atoms with E-state index in [4.69, 9.17) is 0 Å². The molecule has 0 unspecified atom stereocenters. The number of hydrogen-bond donors (Lipinski definition) is 2.